The third kappa shape index (κ3) is 9.28. The van der Waals surface area contributed by atoms with E-state index in [1.165, 1.54) is 0 Å². The van der Waals surface area contributed by atoms with Gasteiger partial charge in [0.15, 0.2) is 0 Å². The maximum atomic E-state index is 13.0. The van der Waals surface area contributed by atoms with E-state index in [9.17, 15) is 26.4 Å². The number of nitrogens with zero attached hydrogens (tertiary/aromatic N) is 3. The van der Waals surface area contributed by atoms with E-state index in [1.807, 2.05) is 16.9 Å². The number of halogens is 3. The lowest BCUT2D eigenvalue weighted by Crippen LogP contribution is -2.32. The molecule has 1 aromatic heterocycles. The number of nitrogens with one attached hydrogen (secondary N) is 2. The summed E-state index contributed by atoms with van der Waals surface area (Å²) < 4.78 is 67.1. The molecule has 1 amide bonds. The van der Waals surface area contributed by atoms with Crippen LogP contribution >= 0.6 is 11.5 Å². The molecule has 2 N–H and O–H groups in total. The number of alkyl halides is 3. The molecule has 8 nitrogen and oxygen atoms in total. The Morgan fingerprint density at radius 1 is 1.11 bits per heavy atom. The second kappa shape index (κ2) is 11.5. The summed E-state index contributed by atoms with van der Waals surface area (Å²) in [5.41, 5.74) is 2.03. The number of sulfonamides is 1. The van der Waals surface area contributed by atoms with Gasteiger partial charge in [0, 0.05) is 31.0 Å². The average Bonchev–Trinajstić information content (AvgIpc) is 3.14. The lowest BCUT2D eigenvalue weighted by molar-refractivity contribution is -0.144. The number of hydrogen-bond donors (Lipinski definition) is 2. The maximum Gasteiger partial charge on any atom is 0.452 e. The molecule has 0 bridgehead atoms. The molecule has 0 unspecified atom stereocenters. The van der Waals surface area contributed by atoms with Crippen molar-refractivity contribution in [1.29, 1.82) is 0 Å². The van der Waals surface area contributed by atoms with Crippen LogP contribution in [0.1, 0.15) is 58.3 Å². The monoisotopic (exact) mass is 535 g/mol. The van der Waals surface area contributed by atoms with Gasteiger partial charge in [-0.3, -0.25) is 9.52 Å². The fourth-order valence-corrected chi connectivity index (χ4v) is 4.63. The van der Waals surface area contributed by atoms with E-state index in [4.69, 9.17) is 0 Å². The highest BCUT2D eigenvalue weighted by Crippen LogP contribution is 2.36. The van der Waals surface area contributed by atoms with Crippen molar-refractivity contribution in [3.63, 3.8) is 0 Å². The molecule has 0 spiro atoms. The van der Waals surface area contributed by atoms with Crippen molar-refractivity contribution in [3.05, 3.63) is 29.6 Å². The molecule has 0 saturated carbocycles. The zero-order chi connectivity index (χ0) is 26.6. The summed E-state index contributed by atoms with van der Waals surface area (Å²) in [5.74, 6) is -1.54. The highest BCUT2D eigenvalue weighted by Gasteiger charge is 2.36. The topological polar surface area (TPSA) is 104 Å². The van der Waals surface area contributed by atoms with Crippen LogP contribution in [0.15, 0.2) is 18.2 Å². The molecule has 35 heavy (non-hydrogen) atoms. The quantitative estimate of drug-likeness (QED) is 0.418. The average molecular weight is 536 g/mol. The Balaban J connectivity index is 2.45. The minimum absolute atomic E-state index is 0.00718. The summed E-state index contributed by atoms with van der Waals surface area (Å²) in [6.45, 7) is 11.5. The summed E-state index contributed by atoms with van der Waals surface area (Å²) in [7, 11) is -3.68. The zero-order valence-electron chi connectivity index (χ0n) is 20.6. The van der Waals surface area contributed by atoms with Crippen molar-refractivity contribution in [1.82, 2.24) is 14.1 Å². The molecule has 0 saturated heterocycles. The molecule has 2 rings (SSSR count). The molecule has 1 aromatic carbocycles. The maximum absolute atomic E-state index is 13.0. The number of rotatable bonds is 11. The van der Waals surface area contributed by atoms with Crippen molar-refractivity contribution in [2.24, 2.45) is 11.8 Å². The zero-order valence-corrected chi connectivity index (χ0v) is 22.2. The summed E-state index contributed by atoms with van der Waals surface area (Å²) in [5, 5.41) is 2.98. The Hall–Kier alpha value is -2.41. The minimum Gasteiger partial charge on any atom is -0.369 e. The molecule has 1 atom stereocenters. The molecule has 0 aliphatic heterocycles. The Labute approximate surface area is 208 Å². The predicted molar refractivity (Wildman–Crippen MR) is 133 cm³/mol. The molecule has 1 heterocycles. The van der Waals surface area contributed by atoms with Gasteiger partial charge in [-0.1, -0.05) is 40.7 Å². The number of aromatic nitrogens is 2. The van der Waals surface area contributed by atoms with Crippen LogP contribution in [0.3, 0.4) is 0 Å². The number of benzene rings is 1. The number of amides is 1. The minimum atomic E-state index is -4.65. The van der Waals surface area contributed by atoms with Crippen LogP contribution < -0.4 is 14.9 Å². The van der Waals surface area contributed by atoms with Gasteiger partial charge in [0.25, 0.3) is 0 Å². The smallest absolute Gasteiger partial charge is 0.369 e. The number of carbonyl (C=O) groups is 1. The highest BCUT2D eigenvalue weighted by atomic mass is 32.2. The van der Waals surface area contributed by atoms with Crippen LogP contribution in [-0.2, 0) is 21.0 Å². The first kappa shape index (κ1) is 28.8. The fourth-order valence-electron chi connectivity index (χ4n) is 3.54. The normalized spacial score (nSPS) is 13.2. The second-order valence-electron chi connectivity index (χ2n) is 9.42. The molecule has 0 aliphatic carbocycles. The SMILES string of the molecule is CC(C)CN(CC(C)C)c1ccc([C@H](C)CC(=O)NS(C)(=O)=O)cc1Nc1nc(C(F)(F)F)ns1. The molecular formula is C22H32F3N5O3S2. The highest BCUT2D eigenvalue weighted by molar-refractivity contribution is 7.89. The third-order valence-electron chi connectivity index (χ3n) is 4.81. The van der Waals surface area contributed by atoms with Gasteiger partial charge in [-0.15, -0.1) is 0 Å². The first-order valence-electron chi connectivity index (χ1n) is 11.1. The first-order valence-corrected chi connectivity index (χ1v) is 13.8. The van der Waals surface area contributed by atoms with Gasteiger partial charge >= 0.3 is 6.18 Å². The van der Waals surface area contributed by atoms with Crippen LogP contribution in [-0.4, -0.2) is 43.0 Å². The van der Waals surface area contributed by atoms with Gasteiger partial charge in [-0.2, -0.15) is 22.5 Å². The van der Waals surface area contributed by atoms with Gasteiger partial charge in [0.1, 0.15) is 0 Å². The molecule has 2 aromatic rings. The van der Waals surface area contributed by atoms with E-state index in [2.05, 4.69) is 47.3 Å². The van der Waals surface area contributed by atoms with Gasteiger partial charge in [0.05, 0.1) is 17.6 Å². The molecule has 196 valence electrons. The number of hydrogen-bond acceptors (Lipinski definition) is 8. The second-order valence-corrected chi connectivity index (χ2v) is 11.9. The van der Waals surface area contributed by atoms with Crippen molar-refractivity contribution in [2.45, 2.75) is 53.1 Å². The lowest BCUT2D eigenvalue weighted by atomic mass is 9.96. The van der Waals surface area contributed by atoms with Crippen LogP contribution in [0.25, 0.3) is 0 Å². The van der Waals surface area contributed by atoms with Crippen molar-refractivity contribution >= 4 is 44.0 Å². The van der Waals surface area contributed by atoms with E-state index in [0.717, 1.165) is 30.6 Å². The van der Waals surface area contributed by atoms with Gasteiger partial charge in [-0.05, 0) is 35.4 Å². The summed E-state index contributed by atoms with van der Waals surface area (Å²) >= 11 is 0.609. The van der Waals surface area contributed by atoms with Crippen LogP contribution in [0.5, 0.6) is 0 Å². The summed E-state index contributed by atoms with van der Waals surface area (Å²) in [6.07, 6.45) is -3.82. The Kier molecular flexibility index (Phi) is 9.51. The number of carbonyl (C=O) groups excluding carboxylic acids is 1. The predicted octanol–water partition coefficient (Wildman–Crippen LogP) is 4.99. The van der Waals surface area contributed by atoms with Gasteiger partial charge < -0.3 is 10.2 Å². The lowest BCUT2D eigenvalue weighted by Gasteiger charge is -2.31. The van der Waals surface area contributed by atoms with E-state index < -0.39 is 27.9 Å². The van der Waals surface area contributed by atoms with E-state index in [0.29, 0.717) is 29.1 Å². The first-order chi connectivity index (χ1) is 16.0. The van der Waals surface area contributed by atoms with Crippen molar-refractivity contribution in [2.75, 3.05) is 29.6 Å². The largest absolute Gasteiger partial charge is 0.452 e. The molecule has 0 fully saturated rings. The van der Waals surface area contributed by atoms with Gasteiger partial charge in [0.2, 0.25) is 26.9 Å². The summed E-state index contributed by atoms with van der Waals surface area (Å²) in [6, 6.07) is 5.46. The van der Waals surface area contributed by atoms with Crippen molar-refractivity contribution < 1.29 is 26.4 Å². The van der Waals surface area contributed by atoms with Crippen LogP contribution in [0.2, 0.25) is 0 Å². The van der Waals surface area contributed by atoms with E-state index in [-0.39, 0.29) is 17.5 Å². The Bertz CT molecular complexity index is 1110. The standard InChI is InChI=1S/C22H32F3N5O3S2/c1-13(2)11-30(12-14(3)4)18-8-7-16(15(5)9-19(31)29-35(6,32)33)10-17(18)26-21-27-20(28-34-21)22(23,24)25/h7-8,10,13-15H,9,11-12H2,1-6H3,(H,29,31)(H,26,27,28)/t15-/m1/s1. The number of anilines is 3. The fraction of sp³-hybridized carbons (Fsp3) is 0.591. The third-order valence-corrected chi connectivity index (χ3v) is 6.04. The van der Waals surface area contributed by atoms with Crippen LogP contribution in [0.4, 0.5) is 29.7 Å². The Morgan fingerprint density at radius 3 is 2.20 bits per heavy atom. The summed E-state index contributed by atoms with van der Waals surface area (Å²) in [4.78, 5) is 17.8. The van der Waals surface area contributed by atoms with Gasteiger partial charge in [-0.25, -0.2) is 8.42 Å². The molecular weight excluding hydrogens is 503 g/mol. The molecule has 0 radical (unpaired) electrons. The molecule has 13 heteroatoms. The van der Waals surface area contributed by atoms with E-state index >= 15 is 0 Å². The molecule has 0 aliphatic rings. The van der Waals surface area contributed by atoms with E-state index in [1.54, 1.807) is 13.0 Å². The van der Waals surface area contributed by atoms with Crippen molar-refractivity contribution in [3.8, 4) is 0 Å². The van der Waals surface area contributed by atoms with Crippen LogP contribution in [0, 0.1) is 11.8 Å². The Morgan fingerprint density at radius 2 is 1.71 bits per heavy atom.